The molecule has 0 atom stereocenters. The van der Waals surface area contributed by atoms with Crippen molar-refractivity contribution in [1.29, 1.82) is 0 Å². The van der Waals surface area contributed by atoms with Gasteiger partial charge in [0, 0.05) is 10.9 Å². The van der Waals surface area contributed by atoms with Crippen LogP contribution < -0.4 is 0 Å². The highest BCUT2D eigenvalue weighted by molar-refractivity contribution is 7.09. The molecular formula is C14H21NO2S. The van der Waals surface area contributed by atoms with Gasteiger partial charge in [-0.15, -0.1) is 11.3 Å². The van der Waals surface area contributed by atoms with E-state index < -0.39 is 0 Å². The first-order chi connectivity index (χ1) is 8.46. The molecule has 1 aliphatic rings. The molecule has 1 fully saturated rings. The Bertz CT molecular complexity index is 390. The number of amides is 1. The molecule has 2 rings (SSSR count). The van der Waals surface area contributed by atoms with Gasteiger partial charge in [0.25, 0.3) is 0 Å². The molecule has 4 heteroatoms. The number of hydrogen-bond donors (Lipinski definition) is 0. The van der Waals surface area contributed by atoms with Crippen molar-refractivity contribution in [3.63, 3.8) is 0 Å². The first-order valence-corrected chi connectivity index (χ1v) is 7.29. The maximum absolute atomic E-state index is 12.2. The highest BCUT2D eigenvalue weighted by Crippen LogP contribution is 2.29. The maximum Gasteiger partial charge on any atom is 0.249 e. The number of carbonyl (C=O) groups excluding carboxylic acids is 1. The summed E-state index contributed by atoms with van der Waals surface area (Å²) >= 11 is 1.70. The lowest BCUT2D eigenvalue weighted by molar-refractivity contribution is -0.142. The zero-order chi connectivity index (χ0) is 13.2. The Kier molecular flexibility index (Phi) is 4.07. The predicted octanol–water partition coefficient (Wildman–Crippen LogP) is 3.05. The quantitative estimate of drug-likeness (QED) is 0.820. The van der Waals surface area contributed by atoms with Gasteiger partial charge < -0.3 is 9.64 Å². The largest absolute Gasteiger partial charge is 0.366 e. The minimum absolute atomic E-state index is 0.112. The van der Waals surface area contributed by atoms with E-state index in [1.54, 1.807) is 11.3 Å². The second kappa shape index (κ2) is 5.41. The van der Waals surface area contributed by atoms with Gasteiger partial charge >= 0.3 is 0 Å². The minimum atomic E-state index is -0.256. The number of ether oxygens (including phenoxy) is 1. The molecule has 1 aliphatic carbocycles. The van der Waals surface area contributed by atoms with Gasteiger partial charge in [-0.3, -0.25) is 4.79 Å². The van der Waals surface area contributed by atoms with E-state index in [0.717, 1.165) is 19.4 Å². The van der Waals surface area contributed by atoms with Crippen molar-refractivity contribution in [2.24, 2.45) is 0 Å². The maximum atomic E-state index is 12.2. The highest BCUT2D eigenvalue weighted by Gasteiger charge is 2.33. The van der Waals surface area contributed by atoms with E-state index in [1.165, 1.54) is 4.88 Å². The summed E-state index contributed by atoms with van der Waals surface area (Å²) in [5, 5.41) is 2.05. The molecule has 0 radical (unpaired) electrons. The molecule has 0 N–H and O–H groups in total. The van der Waals surface area contributed by atoms with Crippen LogP contribution in [0.25, 0.3) is 0 Å². The predicted molar refractivity (Wildman–Crippen MR) is 73.6 cm³/mol. The Balaban J connectivity index is 1.91. The lowest BCUT2D eigenvalue weighted by Gasteiger charge is -2.25. The molecule has 0 aromatic carbocycles. The summed E-state index contributed by atoms with van der Waals surface area (Å²) < 4.78 is 5.58. The van der Waals surface area contributed by atoms with Gasteiger partial charge in [0.15, 0.2) is 0 Å². The van der Waals surface area contributed by atoms with Crippen molar-refractivity contribution in [2.45, 2.75) is 51.8 Å². The van der Waals surface area contributed by atoms with Gasteiger partial charge in [-0.25, -0.2) is 0 Å². The molecule has 1 aromatic rings. The van der Waals surface area contributed by atoms with E-state index in [1.807, 2.05) is 31.7 Å². The summed E-state index contributed by atoms with van der Waals surface area (Å²) in [4.78, 5) is 15.4. The molecule has 0 unspecified atom stereocenters. The van der Waals surface area contributed by atoms with Crippen molar-refractivity contribution in [1.82, 2.24) is 4.90 Å². The van der Waals surface area contributed by atoms with Crippen molar-refractivity contribution < 1.29 is 9.53 Å². The second-order valence-electron chi connectivity index (χ2n) is 5.73. The molecule has 100 valence electrons. The first-order valence-electron chi connectivity index (χ1n) is 6.41. The molecule has 0 bridgehead atoms. The first kappa shape index (κ1) is 13.6. The summed E-state index contributed by atoms with van der Waals surface area (Å²) in [5.41, 5.74) is -0.256. The molecule has 1 heterocycles. The monoisotopic (exact) mass is 267 g/mol. The van der Waals surface area contributed by atoms with Crippen LogP contribution in [0, 0.1) is 0 Å². The van der Waals surface area contributed by atoms with Crippen LogP contribution in [-0.2, 0) is 16.1 Å². The van der Waals surface area contributed by atoms with Crippen molar-refractivity contribution in [3.05, 3.63) is 22.4 Å². The number of carbonyl (C=O) groups is 1. The molecular weight excluding hydrogens is 246 g/mol. The van der Waals surface area contributed by atoms with Crippen molar-refractivity contribution in [3.8, 4) is 0 Å². The van der Waals surface area contributed by atoms with Crippen LogP contribution in [0.1, 0.15) is 38.5 Å². The van der Waals surface area contributed by atoms with Crippen LogP contribution in [0.15, 0.2) is 17.5 Å². The van der Waals surface area contributed by atoms with Crippen LogP contribution in [0.3, 0.4) is 0 Å². The molecule has 0 saturated heterocycles. The van der Waals surface area contributed by atoms with Gasteiger partial charge in [-0.05, 0) is 45.1 Å². The lowest BCUT2D eigenvalue weighted by Crippen LogP contribution is -2.37. The lowest BCUT2D eigenvalue weighted by atomic mass is 10.2. The fraction of sp³-hybridized carbons (Fsp3) is 0.643. The van der Waals surface area contributed by atoms with Crippen LogP contribution in [0.4, 0.5) is 0 Å². The number of nitrogens with zero attached hydrogens (tertiary/aromatic N) is 1. The fourth-order valence-corrected chi connectivity index (χ4v) is 2.44. The van der Waals surface area contributed by atoms with E-state index in [-0.39, 0.29) is 18.1 Å². The van der Waals surface area contributed by atoms with Crippen LogP contribution >= 0.6 is 11.3 Å². The van der Waals surface area contributed by atoms with Crippen LogP contribution in [0.5, 0.6) is 0 Å². The second-order valence-corrected chi connectivity index (χ2v) is 6.77. The molecule has 1 amide bonds. The van der Waals surface area contributed by atoms with Gasteiger partial charge in [-0.1, -0.05) is 6.07 Å². The smallest absolute Gasteiger partial charge is 0.249 e. The highest BCUT2D eigenvalue weighted by atomic mass is 32.1. The number of thiophene rings is 1. The van der Waals surface area contributed by atoms with Crippen LogP contribution in [0.2, 0.25) is 0 Å². The zero-order valence-corrected chi connectivity index (χ0v) is 12.1. The summed E-state index contributed by atoms with van der Waals surface area (Å²) in [6, 6.07) is 4.54. The van der Waals surface area contributed by atoms with Crippen LogP contribution in [-0.4, -0.2) is 29.1 Å². The van der Waals surface area contributed by atoms with Crippen molar-refractivity contribution >= 4 is 17.2 Å². The molecule has 0 spiro atoms. The SMILES string of the molecule is CC(C)(C)OCC(=O)N(Cc1cccs1)C1CC1. The molecule has 18 heavy (non-hydrogen) atoms. The van der Waals surface area contributed by atoms with Gasteiger partial charge in [0.05, 0.1) is 12.1 Å². The fourth-order valence-electron chi connectivity index (χ4n) is 1.74. The third kappa shape index (κ3) is 4.10. The summed E-state index contributed by atoms with van der Waals surface area (Å²) in [7, 11) is 0. The normalized spacial score (nSPS) is 15.7. The Hall–Kier alpha value is -0.870. The van der Waals surface area contributed by atoms with Crippen molar-refractivity contribution in [2.75, 3.05) is 6.61 Å². The Morgan fingerprint density at radius 2 is 2.22 bits per heavy atom. The Morgan fingerprint density at radius 3 is 2.72 bits per heavy atom. The molecule has 3 nitrogen and oxygen atoms in total. The number of hydrogen-bond acceptors (Lipinski definition) is 3. The van der Waals surface area contributed by atoms with E-state index in [2.05, 4.69) is 11.4 Å². The van der Waals surface area contributed by atoms with E-state index in [4.69, 9.17) is 4.74 Å². The Morgan fingerprint density at radius 1 is 1.50 bits per heavy atom. The Labute approximate surface area is 113 Å². The summed E-state index contributed by atoms with van der Waals surface area (Å²) in [5.74, 6) is 0.112. The molecule has 1 saturated carbocycles. The standard InChI is InChI=1S/C14H21NO2S/c1-14(2,3)17-10-13(16)15(11-6-7-11)9-12-5-4-8-18-12/h4-5,8,11H,6-7,9-10H2,1-3H3. The third-order valence-corrected chi connectivity index (χ3v) is 3.70. The minimum Gasteiger partial charge on any atom is -0.366 e. The van der Waals surface area contributed by atoms with E-state index in [0.29, 0.717) is 6.04 Å². The van der Waals surface area contributed by atoms with E-state index >= 15 is 0 Å². The topological polar surface area (TPSA) is 29.5 Å². The van der Waals surface area contributed by atoms with Gasteiger partial charge in [-0.2, -0.15) is 0 Å². The average molecular weight is 267 g/mol. The number of rotatable bonds is 5. The molecule has 1 aromatic heterocycles. The third-order valence-electron chi connectivity index (χ3n) is 2.84. The summed E-state index contributed by atoms with van der Waals surface area (Å²) in [6.07, 6.45) is 2.26. The molecule has 0 aliphatic heterocycles. The van der Waals surface area contributed by atoms with Gasteiger partial charge in [0.2, 0.25) is 5.91 Å². The van der Waals surface area contributed by atoms with E-state index in [9.17, 15) is 4.79 Å². The zero-order valence-electron chi connectivity index (χ0n) is 11.3. The summed E-state index contributed by atoms with van der Waals surface area (Å²) in [6.45, 7) is 6.84. The van der Waals surface area contributed by atoms with Gasteiger partial charge in [0.1, 0.15) is 6.61 Å². The average Bonchev–Trinajstić information content (AvgIpc) is 2.99.